The second kappa shape index (κ2) is 7.73. The summed E-state index contributed by atoms with van der Waals surface area (Å²) in [6.45, 7) is 1.59. The average Bonchev–Trinajstić information content (AvgIpc) is 2.99. The Morgan fingerprint density at radius 2 is 1.67 bits per heavy atom. The van der Waals surface area contributed by atoms with E-state index in [-0.39, 0.29) is 30.3 Å². The van der Waals surface area contributed by atoms with Crippen LogP contribution in [0, 0.1) is 13.8 Å². The molecule has 7 nitrogen and oxygen atoms in total. The number of ether oxygens (including phenoxy) is 1. The van der Waals surface area contributed by atoms with E-state index in [1.165, 1.54) is 23.1 Å². The summed E-state index contributed by atoms with van der Waals surface area (Å²) in [5.41, 5.74) is 1.03. The summed E-state index contributed by atoms with van der Waals surface area (Å²) in [7, 11) is 0. The Labute approximate surface area is 154 Å². The van der Waals surface area contributed by atoms with Crippen LogP contribution in [-0.2, 0) is 0 Å². The van der Waals surface area contributed by atoms with Crippen molar-refractivity contribution in [1.29, 1.82) is 0 Å². The van der Waals surface area contributed by atoms with E-state index in [0.29, 0.717) is 30.1 Å². The zero-order valence-electron chi connectivity index (χ0n) is 14.9. The number of rotatable bonds is 4. The molecule has 2 aromatic rings. The number of hydrogen-bond acceptors (Lipinski definition) is 5. The molecule has 1 aliphatic heterocycles. The van der Waals surface area contributed by atoms with Crippen molar-refractivity contribution in [2.45, 2.75) is 20.5 Å². The lowest BCUT2D eigenvalue weighted by atomic mass is 10.1. The Morgan fingerprint density at radius 1 is 1.07 bits per heavy atom. The lowest BCUT2D eigenvalue weighted by Gasteiger charge is -2.35. The molecule has 0 aliphatic carbocycles. The summed E-state index contributed by atoms with van der Waals surface area (Å²) in [6.07, 6.45) is 0. The summed E-state index contributed by atoms with van der Waals surface area (Å²) < 4.78 is 34.5. The van der Waals surface area contributed by atoms with Gasteiger partial charge in [-0.2, -0.15) is 8.78 Å². The van der Waals surface area contributed by atoms with Gasteiger partial charge in [-0.25, -0.2) is 0 Å². The predicted molar refractivity (Wildman–Crippen MR) is 90.9 cm³/mol. The number of para-hydroxylation sites is 1. The quantitative estimate of drug-likeness (QED) is 0.816. The normalized spacial score (nSPS) is 14.6. The van der Waals surface area contributed by atoms with Crippen LogP contribution in [0.25, 0.3) is 0 Å². The summed E-state index contributed by atoms with van der Waals surface area (Å²) in [5.74, 6) is -0.309. The first-order valence-corrected chi connectivity index (χ1v) is 8.43. The molecule has 9 heteroatoms. The number of aryl methyl sites for hydroxylation is 2. The average molecular weight is 379 g/mol. The summed E-state index contributed by atoms with van der Waals surface area (Å²) in [6, 6.07) is 5.88. The molecular formula is C18H19F2N3O4. The Kier molecular flexibility index (Phi) is 5.38. The molecule has 2 heterocycles. The number of halogens is 2. The van der Waals surface area contributed by atoms with Gasteiger partial charge in [-0.05, 0) is 26.0 Å². The standard InChI is InChI=1S/C18H19F2N3O4/c1-11-15(12(2)27-21-11)17(25)23-9-7-22(8-10-23)16(24)13-5-3-4-6-14(13)26-18(19)20/h3-6,18H,7-10H2,1-2H3. The van der Waals surface area contributed by atoms with Gasteiger partial charge in [-0.1, -0.05) is 17.3 Å². The van der Waals surface area contributed by atoms with E-state index in [9.17, 15) is 18.4 Å². The Hall–Kier alpha value is -2.97. The van der Waals surface area contributed by atoms with E-state index in [1.54, 1.807) is 24.8 Å². The van der Waals surface area contributed by atoms with E-state index in [1.807, 2.05) is 0 Å². The maximum Gasteiger partial charge on any atom is 0.387 e. The van der Waals surface area contributed by atoms with Crippen molar-refractivity contribution in [2.75, 3.05) is 26.2 Å². The zero-order valence-corrected chi connectivity index (χ0v) is 14.9. The molecule has 0 atom stereocenters. The first-order valence-electron chi connectivity index (χ1n) is 8.43. The van der Waals surface area contributed by atoms with Crippen LogP contribution in [0.1, 0.15) is 32.2 Å². The number of hydrogen-bond donors (Lipinski definition) is 0. The molecule has 1 aliphatic rings. The second-order valence-electron chi connectivity index (χ2n) is 6.16. The third-order valence-electron chi connectivity index (χ3n) is 4.43. The summed E-state index contributed by atoms with van der Waals surface area (Å²) in [4.78, 5) is 28.5. The molecule has 0 unspecified atom stereocenters. The van der Waals surface area contributed by atoms with Gasteiger partial charge in [0.2, 0.25) is 0 Å². The second-order valence-corrected chi connectivity index (χ2v) is 6.16. The van der Waals surface area contributed by atoms with Crippen molar-refractivity contribution in [3.05, 3.63) is 46.8 Å². The van der Waals surface area contributed by atoms with Gasteiger partial charge in [0.1, 0.15) is 17.1 Å². The van der Waals surface area contributed by atoms with Crippen LogP contribution < -0.4 is 4.74 Å². The molecule has 0 spiro atoms. The molecule has 27 heavy (non-hydrogen) atoms. The van der Waals surface area contributed by atoms with Gasteiger partial charge in [-0.3, -0.25) is 9.59 Å². The van der Waals surface area contributed by atoms with Crippen LogP contribution >= 0.6 is 0 Å². The Bertz CT molecular complexity index is 825. The fourth-order valence-corrected chi connectivity index (χ4v) is 3.07. The van der Waals surface area contributed by atoms with E-state index < -0.39 is 12.5 Å². The zero-order chi connectivity index (χ0) is 19.6. The molecular weight excluding hydrogens is 360 g/mol. The SMILES string of the molecule is Cc1noc(C)c1C(=O)N1CCN(C(=O)c2ccccc2OC(F)F)CC1. The van der Waals surface area contributed by atoms with E-state index >= 15 is 0 Å². The molecule has 3 rings (SSSR count). The van der Waals surface area contributed by atoms with E-state index in [2.05, 4.69) is 9.89 Å². The Balaban J connectivity index is 1.68. The van der Waals surface area contributed by atoms with Gasteiger partial charge in [0, 0.05) is 26.2 Å². The van der Waals surface area contributed by atoms with Gasteiger partial charge >= 0.3 is 6.61 Å². The fraction of sp³-hybridized carbons (Fsp3) is 0.389. The van der Waals surface area contributed by atoms with Gasteiger partial charge in [0.05, 0.1) is 11.3 Å². The van der Waals surface area contributed by atoms with Gasteiger partial charge in [0.25, 0.3) is 11.8 Å². The molecule has 0 N–H and O–H groups in total. The van der Waals surface area contributed by atoms with Crippen LogP contribution in [-0.4, -0.2) is 59.6 Å². The number of carbonyl (C=O) groups excluding carboxylic acids is 2. The molecule has 1 saturated heterocycles. The third kappa shape index (κ3) is 3.91. The minimum Gasteiger partial charge on any atom is -0.434 e. The highest BCUT2D eigenvalue weighted by atomic mass is 19.3. The molecule has 0 radical (unpaired) electrons. The molecule has 1 aromatic heterocycles. The number of nitrogens with zero attached hydrogens (tertiary/aromatic N) is 3. The van der Waals surface area contributed by atoms with E-state index in [0.717, 1.165) is 0 Å². The van der Waals surface area contributed by atoms with Gasteiger partial charge < -0.3 is 19.1 Å². The van der Waals surface area contributed by atoms with Crippen LogP contribution in [0.3, 0.4) is 0 Å². The smallest absolute Gasteiger partial charge is 0.387 e. The highest BCUT2D eigenvalue weighted by Crippen LogP contribution is 2.23. The monoisotopic (exact) mass is 379 g/mol. The van der Waals surface area contributed by atoms with Crippen molar-refractivity contribution in [3.63, 3.8) is 0 Å². The Morgan fingerprint density at radius 3 is 2.22 bits per heavy atom. The van der Waals surface area contributed by atoms with Crippen LogP contribution in [0.5, 0.6) is 5.75 Å². The summed E-state index contributed by atoms with van der Waals surface area (Å²) >= 11 is 0. The van der Waals surface area contributed by atoms with Crippen LogP contribution in [0.15, 0.2) is 28.8 Å². The van der Waals surface area contributed by atoms with Gasteiger partial charge in [0.15, 0.2) is 0 Å². The number of alkyl halides is 2. The number of benzene rings is 1. The number of carbonyl (C=O) groups is 2. The van der Waals surface area contributed by atoms with Crippen LogP contribution in [0.2, 0.25) is 0 Å². The van der Waals surface area contributed by atoms with Crippen molar-refractivity contribution >= 4 is 11.8 Å². The number of aromatic nitrogens is 1. The van der Waals surface area contributed by atoms with Crippen molar-refractivity contribution < 1.29 is 27.6 Å². The van der Waals surface area contributed by atoms with Gasteiger partial charge in [-0.15, -0.1) is 0 Å². The van der Waals surface area contributed by atoms with Crippen molar-refractivity contribution in [2.24, 2.45) is 0 Å². The first-order chi connectivity index (χ1) is 12.9. The maximum atomic E-state index is 12.7. The fourth-order valence-electron chi connectivity index (χ4n) is 3.07. The maximum absolute atomic E-state index is 12.7. The first kappa shape index (κ1) is 18.8. The topological polar surface area (TPSA) is 75.9 Å². The molecule has 1 fully saturated rings. The minimum absolute atomic E-state index is 0.0725. The molecule has 1 aromatic carbocycles. The number of amides is 2. The third-order valence-corrected chi connectivity index (χ3v) is 4.43. The molecule has 0 saturated carbocycles. The molecule has 0 bridgehead atoms. The van der Waals surface area contributed by atoms with Crippen LogP contribution in [0.4, 0.5) is 8.78 Å². The van der Waals surface area contributed by atoms with E-state index in [4.69, 9.17) is 4.52 Å². The highest BCUT2D eigenvalue weighted by Gasteiger charge is 2.29. The van der Waals surface area contributed by atoms with Crippen molar-refractivity contribution in [1.82, 2.24) is 15.0 Å². The lowest BCUT2D eigenvalue weighted by molar-refractivity contribution is -0.0503. The number of piperazine rings is 1. The molecule has 2 amide bonds. The largest absolute Gasteiger partial charge is 0.434 e. The molecule has 144 valence electrons. The highest BCUT2D eigenvalue weighted by molar-refractivity contribution is 5.98. The lowest BCUT2D eigenvalue weighted by Crippen LogP contribution is -2.50. The summed E-state index contributed by atoms with van der Waals surface area (Å²) in [5, 5.41) is 3.79. The van der Waals surface area contributed by atoms with Crippen molar-refractivity contribution in [3.8, 4) is 5.75 Å². The minimum atomic E-state index is -3.01. The predicted octanol–water partition coefficient (Wildman–Crippen LogP) is 2.49.